The summed E-state index contributed by atoms with van der Waals surface area (Å²) in [5.41, 5.74) is 0.833. The first-order valence-corrected chi connectivity index (χ1v) is 16.6. The third kappa shape index (κ3) is 9.62. The van der Waals surface area contributed by atoms with Crippen LogP contribution in [0.15, 0.2) is 108 Å². The van der Waals surface area contributed by atoms with Gasteiger partial charge < -0.3 is 15.0 Å². The molecule has 0 aliphatic heterocycles. The van der Waals surface area contributed by atoms with Gasteiger partial charge in [0.15, 0.2) is 0 Å². The molecule has 0 heterocycles. The summed E-state index contributed by atoms with van der Waals surface area (Å²) in [4.78, 5) is 29.5. The third-order valence-electron chi connectivity index (χ3n) is 7.15. The van der Waals surface area contributed by atoms with E-state index >= 15 is 0 Å². The molecule has 0 radical (unpaired) electrons. The van der Waals surface area contributed by atoms with E-state index in [2.05, 4.69) is 5.32 Å². The summed E-state index contributed by atoms with van der Waals surface area (Å²) in [6.07, 6.45) is 0.128. The molecule has 248 valence electrons. The zero-order valence-corrected chi connectivity index (χ0v) is 27.6. The number of ether oxygens (including phenoxy) is 1. The Morgan fingerprint density at radius 3 is 1.94 bits per heavy atom. The summed E-state index contributed by atoms with van der Waals surface area (Å²) in [5.74, 6) is -1.71. The van der Waals surface area contributed by atoms with E-state index in [0.29, 0.717) is 17.9 Å². The highest BCUT2D eigenvalue weighted by molar-refractivity contribution is 7.92. The smallest absolute Gasteiger partial charge is 0.264 e. The van der Waals surface area contributed by atoms with Crippen LogP contribution < -0.4 is 14.4 Å². The molecule has 8 nitrogen and oxygen atoms in total. The first-order chi connectivity index (χ1) is 22.3. The Labute approximate surface area is 275 Å². The number of carbonyl (C=O) groups is 2. The summed E-state index contributed by atoms with van der Waals surface area (Å²) in [7, 11) is -4.41. The molecule has 0 aromatic heterocycles. The standard InChI is InChI=1S/C36H39F2N3O5S/c1-5-46-31-19-17-30(18-20-31)41(47(44,45)32-21-15-29(38)16-22-32)25-34(42)40(24-27-11-13-28(37)14-12-27)33(35(43)39-36(2,3)4)23-26-9-7-6-8-10-26/h6-22,33H,5,23-25H2,1-4H3,(H,39,43)/t33-/m0/s1. The average Bonchev–Trinajstić information content (AvgIpc) is 3.03. The van der Waals surface area contributed by atoms with Crippen LogP contribution >= 0.6 is 0 Å². The lowest BCUT2D eigenvalue weighted by molar-refractivity contribution is -0.140. The minimum atomic E-state index is -4.41. The first-order valence-electron chi connectivity index (χ1n) is 15.2. The Bertz CT molecular complexity index is 1740. The largest absolute Gasteiger partial charge is 0.494 e. The molecule has 0 aliphatic carbocycles. The Morgan fingerprint density at radius 2 is 1.38 bits per heavy atom. The van der Waals surface area contributed by atoms with Crippen molar-refractivity contribution in [3.8, 4) is 5.75 Å². The van der Waals surface area contributed by atoms with Gasteiger partial charge in [0.25, 0.3) is 10.0 Å². The zero-order chi connectivity index (χ0) is 34.2. The van der Waals surface area contributed by atoms with Crippen LogP contribution in [0.1, 0.15) is 38.8 Å². The summed E-state index contributed by atoms with van der Waals surface area (Å²) < 4.78 is 62.2. The van der Waals surface area contributed by atoms with Crippen LogP contribution in [0, 0.1) is 11.6 Å². The van der Waals surface area contributed by atoms with Crippen molar-refractivity contribution in [2.75, 3.05) is 17.5 Å². The molecule has 0 aliphatic rings. The molecule has 0 saturated heterocycles. The molecule has 1 N–H and O–H groups in total. The summed E-state index contributed by atoms with van der Waals surface area (Å²) in [6.45, 7) is 6.87. The van der Waals surface area contributed by atoms with Crippen molar-refractivity contribution in [3.63, 3.8) is 0 Å². The molecule has 0 saturated carbocycles. The quantitative estimate of drug-likeness (QED) is 0.186. The van der Waals surface area contributed by atoms with Gasteiger partial charge in [-0.2, -0.15) is 0 Å². The lowest BCUT2D eigenvalue weighted by Gasteiger charge is -2.35. The number of nitrogens with one attached hydrogen (secondary N) is 1. The van der Waals surface area contributed by atoms with Gasteiger partial charge in [-0.25, -0.2) is 17.2 Å². The average molecular weight is 664 g/mol. The minimum absolute atomic E-state index is 0.109. The predicted molar refractivity (Wildman–Crippen MR) is 177 cm³/mol. The monoisotopic (exact) mass is 663 g/mol. The van der Waals surface area contributed by atoms with Crippen LogP contribution in [-0.2, 0) is 32.6 Å². The van der Waals surface area contributed by atoms with Crippen molar-refractivity contribution in [1.82, 2.24) is 10.2 Å². The van der Waals surface area contributed by atoms with Crippen molar-refractivity contribution in [1.29, 1.82) is 0 Å². The number of sulfonamides is 1. The molecule has 0 fully saturated rings. The molecule has 0 bridgehead atoms. The number of nitrogens with zero attached hydrogens (tertiary/aromatic N) is 2. The SMILES string of the molecule is CCOc1ccc(N(CC(=O)N(Cc2ccc(F)cc2)[C@@H](Cc2ccccc2)C(=O)NC(C)(C)C)S(=O)(=O)c2ccc(F)cc2)cc1. The second-order valence-electron chi connectivity index (χ2n) is 12.0. The Morgan fingerprint density at radius 1 is 0.809 bits per heavy atom. The molecule has 0 unspecified atom stereocenters. The third-order valence-corrected chi connectivity index (χ3v) is 8.94. The van der Waals surface area contributed by atoms with E-state index in [1.165, 1.54) is 41.3 Å². The van der Waals surface area contributed by atoms with Crippen molar-refractivity contribution < 1.29 is 31.5 Å². The van der Waals surface area contributed by atoms with E-state index < -0.39 is 51.6 Å². The molecule has 4 rings (SSSR count). The minimum Gasteiger partial charge on any atom is -0.494 e. The maximum absolute atomic E-state index is 14.5. The lowest BCUT2D eigenvalue weighted by atomic mass is 10.0. The van der Waals surface area contributed by atoms with Crippen LogP contribution in [0.5, 0.6) is 5.75 Å². The fourth-order valence-electron chi connectivity index (χ4n) is 4.93. The normalized spacial score (nSPS) is 12.2. The van der Waals surface area contributed by atoms with E-state index in [1.807, 2.05) is 58.0 Å². The number of anilines is 1. The molecule has 11 heteroatoms. The molecule has 2 amide bonds. The number of rotatable bonds is 13. The van der Waals surface area contributed by atoms with Crippen molar-refractivity contribution in [2.24, 2.45) is 0 Å². The molecular formula is C36H39F2N3O5S. The Kier molecular flexibility index (Phi) is 11.4. The van der Waals surface area contributed by atoms with Crippen molar-refractivity contribution >= 4 is 27.5 Å². The maximum Gasteiger partial charge on any atom is 0.264 e. The van der Waals surface area contributed by atoms with Crippen LogP contribution in [-0.4, -0.2) is 49.9 Å². The van der Waals surface area contributed by atoms with Gasteiger partial charge in [-0.15, -0.1) is 0 Å². The molecule has 0 spiro atoms. The van der Waals surface area contributed by atoms with E-state index in [-0.39, 0.29) is 23.5 Å². The van der Waals surface area contributed by atoms with Crippen molar-refractivity contribution in [2.45, 2.75) is 57.1 Å². The van der Waals surface area contributed by atoms with Gasteiger partial charge in [-0.3, -0.25) is 13.9 Å². The second kappa shape index (κ2) is 15.2. The highest BCUT2D eigenvalue weighted by atomic mass is 32.2. The van der Waals surface area contributed by atoms with Crippen LogP contribution in [0.4, 0.5) is 14.5 Å². The number of hydrogen-bond acceptors (Lipinski definition) is 5. The molecule has 47 heavy (non-hydrogen) atoms. The highest BCUT2D eigenvalue weighted by Crippen LogP contribution is 2.27. The van der Waals surface area contributed by atoms with Gasteiger partial charge in [-0.1, -0.05) is 42.5 Å². The molecule has 4 aromatic rings. The van der Waals surface area contributed by atoms with Gasteiger partial charge in [0.2, 0.25) is 11.8 Å². The number of hydrogen-bond donors (Lipinski definition) is 1. The highest BCUT2D eigenvalue weighted by Gasteiger charge is 2.35. The Hall–Kier alpha value is -4.77. The summed E-state index contributed by atoms with van der Waals surface area (Å²) >= 11 is 0. The second-order valence-corrected chi connectivity index (χ2v) is 13.8. The molecular weight excluding hydrogens is 624 g/mol. The van der Waals surface area contributed by atoms with Gasteiger partial charge in [0.05, 0.1) is 17.2 Å². The van der Waals surface area contributed by atoms with Gasteiger partial charge in [0, 0.05) is 18.5 Å². The number of amides is 2. The van der Waals surface area contributed by atoms with Crippen LogP contribution in [0.3, 0.4) is 0 Å². The number of benzene rings is 4. The molecule has 1 atom stereocenters. The van der Waals surface area contributed by atoms with Gasteiger partial charge in [-0.05, 0) is 99.5 Å². The predicted octanol–water partition coefficient (Wildman–Crippen LogP) is 6.11. The lowest BCUT2D eigenvalue weighted by Crippen LogP contribution is -2.56. The fourth-order valence-corrected chi connectivity index (χ4v) is 6.35. The summed E-state index contributed by atoms with van der Waals surface area (Å²) in [6, 6.07) is 24.1. The van der Waals surface area contributed by atoms with Crippen molar-refractivity contribution in [3.05, 3.63) is 126 Å². The van der Waals surface area contributed by atoms with E-state index in [4.69, 9.17) is 4.74 Å². The van der Waals surface area contributed by atoms with Crippen LogP contribution in [0.2, 0.25) is 0 Å². The number of carbonyl (C=O) groups excluding carboxylic acids is 2. The maximum atomic E-state index is 14.5. The van der Waals surface area contributed by atoms with E-state index in [1.54, 1.807) is 12.1 Å². The van der Waals surface area contributed by atoms with E-state index in [0.717, 1.165) is 34.1 Å². The fraction of sp³-hybridized carbons (Fsp3) is 0.278. The zero-order valence-electron chi connectivity index (χ0n) is 26.8. The van der Waals surface area contributed by atoms with Gasteiger partial charge >= 0.3 is 0 Å². The molecule has 4 aromatic carbocycles. The van der Waals surface area contributed by atoms with E-state index in [9.17, 15) is 26.8 Å². The first kappa shape index (κ1) is 35.1. The Balaban J connectivity index is 1.81. The van der Waals surface area contributed by atoms with Crippen LogP contribution in [0.25, 0.3) is 0 Å². The summed E-state index contributed by atoms with van der Waals surface area (Å²) in [5, 5.41) is 2.96. The number of halogens is 2. The van der Waals surface area contributed by atoms with Gasteiger partial charge in [0.1, 0.15) is 30.0 Å². The topological polar surface area (TPSA) is 96.0 Å².